The molecule has 2 heterocycles. The smallest absolute Gasteiger partial charge is 0.257 e. The molecule has 7 heteroatoms. The topological polar surface area (TPSA) is 89.9 Å². The van der Waals surface area contributed by atoms with Crippen molar-refractivity contribution in [2.24, 2.45) is 5.41 Å². The van der Waals surface area contributed by atoms with Crippen molar-refractivity contribution in [3.8, 4) is 11.5 Å². The Morgan fingerprint density at radius 2 is 1.79 bits per heavy atom. The number of nitrogens with zero attached hydrogens (tertiary/aromatic N) is 4. The first kappa shape index (κ1) is 18.3. The zero-order valence-electron chi connectivity index (χ0n) is 17.1. The third-order valence-corrected chi connectivity index (χ3v) is 6.94. The van der Waals surface area contributed by atoms with Gasteiger partial charge in [-0.1, -0.05) is 23.3 Å². The molecule has 0 aliphatic heterocycles. The second-order valence-electron chi connectivity index (χ2n) is 8.73. The van der Waals surface area contributed by atoms with Crippen molar-refractivity contribution in [3.63, 3.8) is 0 Å². The number of aromatic nitrogens is 4. The van der Waals surface area contributed by atoms with Crippen LogP contribution in [0.25, 0.3) is 11.5 Å². The van der Waals surface area contributed by atoms with Crippen LogP contribution in [0.1, 0.15) is 63.0 Å². The van der Waals surface area contributed by atoms with Gasteiger partial charge in [-0.15, -0.1) is 0 Å². The van der Waals surface area contributed by atoms with Crippen LogP contribution in [0.4, 0.5) is 5.69 Å². The quantitative estimate of drug-likeness (QED) is 0.649. The van der Waals surface area contributed by atoms with E-state index in [2.05, 4.69) is 37.7 Å². The molecule has 3 aromatic rings. The fourth-order valence-corrected chi connectivity index (χ4v) is 4.93. The normalized spacial score (nSPS) is 26.0. The molecule has 3 saturated carbocycles. The second-order valence-corrected chi connectivity index (χ2v) is 8.73. The van der Waals surface area contributed by atoms with Crippen molar-refractivity contribution in [1.82, 2.24) is 20.3 Å². The third kappa shape index (κ3) is 3.32. The summed E-state index contributed by atoms with van der Waals surface area (Å²) in [7, 11) is 0. The number of benzene rings is 1. The molecule has 1 N–H and O–H groups in total. The molecule has 2 aromatic heterocycles. The van der Waals surface area contributed by atoms with E-state index in [-0.39, 0.29) is 5.41 Å². The van der Waals surface area contributed by atoms with Gasteiger partial charge in [-0.05, 0) is 69.1 Å². The Morgan fingerprint density at radius 3 is 2.45 bits per heavy atom. The van der Waals surface area contributed by atoms with Gasteiger partial charge in [0, 0.05) is 29.6 Å². The first-order chi connectivity index (χ1) is 14.1. The first-order valence-electron chi connectivity index (χ1n) is 10.6. The SMILES string of the molecule is CCc1noc(-c2cccc(NCC34CCC(c5nc(C)no5)(CC3)CC4)c2)n1. The van der Waals surface area contributed by atoms with Gasteiger partial charge in [-0.3, -0.25) is 0 Å². The fraction of sp³-hybridized carbons (Fsp3) is 0.545. The Balaban J connectivity index is 1.25. The Labute approximate surface area is 170 Å². The average molecular weight is 393 g/mol. The lowest BCUT2D eigenvalue weighted by Gasteiger charge is -2.52. The summed E-state index contributed by atoms with van der Waals surface area (Å²) in [5, 5.41) is 11.7. The number of aryl methyl sites for hydroxylation is 2. The van der Waals surface area contributed by atoms with E-state index in [4.69, 9.17) is 9.05 Å². The molecule has 0 amide bonds. The molecule has 2 bridgehead atoms. The van der Waals surface area contributed by atoms with Crippen molar-refractivity contribution >= 4 is 5.69 Å². The van der Waals surface area contributed by atoms with Gasteiger partial charge < -0.3 is 14.4 Å². The van der Waals surface area contributed by atoms with Gasteiger partial charge in [0.1, 0.15) is 0 Å². The monoisotopic (exact) mass is 393 g/mol. The maximum absolute atomic E-state index is 5.55. The number of nitrogens with one attached hydrogen (secondary N) is 1. The molecular formula is C22H27N5O2. The molecule has 29 heavy (non-hydrogen) atoms. The van der Waals surface area contributed by atoms with Crippen LogP contribution in [-0.2, 0) is 11.8 Å². The highest BCUT2D eigenvalue weighted by molar-refractivity contribution is 5.61. The summed E-state index contributed by atoms with van der Waals surface area (Å²) in [5.74, 6) is 2.92. The average Bonchev–Trinajstić information content (AvgIpc) is 3.43. The minimum atomic E-state index is 0.109. The lowest BCUT2D eigenvalue weighted by molar-refractivity contribution is 0.0322. The molecule has 1 aromatic carbocycles. The van der Waals surface area contributed by atoms with E-state index in [1.807, 2.05) is 26.0 Å². The molecular weight excluding hydrogens is 366 g/mol. The van der Waals surface area contributed by atoms with E-state index in [0.717, 1.165) is 61.0 Å². The van der Waals surface area contributed by atoms with Crippen LogP contribution in [0.2, 0.25) is 0 Å². The molecule has 0 saturated heterocycles. The molecule has 152 valence electrons. The summed E-state index contributed by atoms with van der Waals surface area (Å²) in [6, 6.07) is 8.25. The number of hydrogen-bond donors (Lipinski definition) is 1. The van der Waals surface area contributed by atoms with E-state index in [9.17, 15) is 0 Å². The van der Waals surface area contributed by atoms with E-state index in [1.165, 1.54) is 19.3 Å². The van der Waals surface area contributed by atoms with Crippen molar-refractivity contribution in [1.29, 1.82) is 0 Å². The molecule has 0 unspecified atom stereocenters. The zero-order chi connectivity index (χ0) is 19.9. The lowest BCUT2D eigenvalue weighted by atomic mass is 9.53. The summed E-state index contributed by atoms with van der Waals surface area (Å²) >= 11 is 0. The minimum Gasteiger partial charge on any atom is -0.384 e. The predicted octanol–water partition coefficient (Wildman–Crippen LogP) is 4.69. The molecule has 3 aliphatic rings. The summed E-state index contributed by atoms with van der Waals surface area (Å²) < 4.78 is 10.9. The largest absolute Gasteiger partial charge is 0.384 e. The Morgan fingerprint density at radius 1 is 1.00 bits per heavy atom. The van der Waals surface area contributed by atoms with Crippen LogP contribution >= 0.6 is 0 Å². The van der Waals surface area contributed by atoms with Crippen molar-refractivity contribution < 1.29 is 9.05 Å². The van der Waals surface area contributed by atoms with Gasteiger partial charge >= 0.3 is 0 Å². The third-order valence-electron chi connectivity index (χ3n) is 6.94. The fourth-order valence-electron chi connectivity index (χ4n) is 4.93. The molecule has 0 spiro atoms. The van der Waals surface area contributed by atoms with Crippen molar-refractivity contribution in [2.75, 3.05) is 11.9 Å². The van der Waals surface area contributed by atoms with Crippen molar-refractivity contribution in [3.05, 3.63) is 41.8 Å². The molecule has 0 atom stereocenters. The number of hydrogen-bond acceptors (Lipinski definition) is 7. The summed E-state index contributed by atoms with van der Waals surface area (Å²) in [6.45, 7) is 4.91. The van der Waals surface area contributed by atoms with Crippen LogP contribution in [-0.4, -0.2) is 26.8 Å². The highest BCUT2D eigenvalue weighted by Crippen LogP contribution is 2.57. The molecule has 3 aliphatic carbocycles. The first-order valence-corrected chi connectivity index (χ1v) is 10.6. The molecule has 3 fully saturated rings. The zero-order valence-corrected chi connectivity index (χ0v) is 17.1. The lowest BCUT2D eigenvalue weighted by Crippen LogP contribution is -2.47. The Bertz CT molecular complexity index is 984. The van der Waals surface area contributed by atoms with Gasteiger partial charge in [0.25, 0.3) is 5.89 Å². The maximum atomic E-state index is 5.55. The summed E-state index contributed by atoms with van der Waals surface area (Å²) in [5.41, 5.74) is 2.52. The Hall–Kier alpha value is -2.70. The highest BCUT2D eigenvalue weighted by atomic mass is 16.5. The van der Waals surface area contributed by atoms with Gasteiger partial charge in [-0.2, -0.15) is 9.97 Å². The van der Waals surface area contributed by atoms with E-state index in [1.54, 1.807) is 0 Å². The number of fused-ring (bicyclic) bond motifs is 3. The van der Waals surface area contributed by atoms with Gasteiger partial charge in [0.05, 0.1) is 0 Å². The molecule has 0 radical (unpaired) electrons. The number of anilines is 1. The maximum Gasteiger partial charge on any atom is 0.257 e. The highest BCUT2D eigenvalue weighted by Gasteiger charge is 2.51. The van der Waals surface area contributed by atoms with E-state index < -0.39 is 0 Å². The van der Waals surface area contributed by atoms with E-state index >= 15 is 0 Å². The van der Waals surface area contributed by atoms with Crippen LogP contribution in [0.15, 0.2) is 33.3 Å². The van der Waals surface area contributed by atoms with Crippen LogP contribution in [0, 0.1) is 12.3 Å². The molecule has 7 nitrogen and oxygen atoms in total. The Kier molecular flexibility index (Phi) is 4.41. The summed E-state index contributed by atoms with van der Waals surface area (Å²) in [4.78, 5) is 8.99. The number of rotatable bonds is 6. The summed E-state index contributed by atoms with van der Waals surface area (Å²) in [6.07, 6.45) is 7.78. The van der Waals surface area contributed by atoms with E-state index in [0.29, 0.717) is 11.3 Å². The standard InChI is InChI=1S/C22H27N5O2/c1-3-18-25-19(28-27-18)16-5-4-6-17(13-16)23-14-21-7-10-22(11-8-21,12-9-21)20-24-15(2)26-29-20/h4-6,13,23H,3,7-12,14H2,1-2H3. The van der Waals surface area contributed by atoms with Crippen LogP contribution < -0.4 is 5.32 Å². The predicted molar refractivity (Wildman–Crippen MR) is 108 cm³/mol. The minimum absolute atomic E-state index is 0.109. The van der Waals surface area contributed by atoms with Crippen molar-refractivity contribution in [2.45, 2.75) is 64.2 Å². The van der Waals surface area contributed by atoms with Gasteiger partial charge in [0.2, 0.25) is 5.89 Å². The van der Waals surface area contributed by atoms with Crippen LogP contribution in [0.3, 0.4) is 0 Å². The van der Waals surface area contributed by atoms with Crippen LogP contribution in [0.5, 0.6) is 0 Å². The second kappa shape index (κ2) is 6.97. The molecule has 6 rings (SSSR count). The van der Waals surface area contributed by atoms with Gasteiger partial charge in [0.15, 0.2) is 11.6 Å². The van der Waals surface area contributed by atoms with Gasteiger partial charge in [-0.25, -0.2) is 0 Å².